The van der Waals surface area contributed by atoms with E-state index in [2.05, 4.69) is 56.4 Å². The summed E-state index contributed by atoms with van der Waals surface area (Å²) in [6, 6.07) is 15.3. The topological polar surface area (TPSA) is 35.8 Å². The standard InChI is InChI=1S/C18H22N2S/c1-4-14-5-7-15(8-6-14)18(13(2)3)20-12-17-10-9-16(11-19)21-17/h5-10,13,18,20H,4,12H2,1-3H3. The second-order valence-electron chi connectivity index (χ2n) is 5.58. The molecule has 0 saturated carbocycles. The van der Waals surface area contributed by atoms with Crippen molar-refractivity contribution < 1.29 is 0 Å². The first-order chi connectivity index (χ1) is 10.1. The molecule has 0 fully saturated rings. The van der Waals surface area contributed by atoms with Gasteiger partial charge in [0.15, 0.2) is 0 Å². The zero-order valence-corrected chi connectivity index (χ0v) is 13.7. The largest absolute Gasteiger partial charge is 0.305 e. The normalized spacial score (nSPS) is 12.3. The van der Waals surface area contributed by atoms with Crippen LogP contribution >= 0.6 is 11.3 Å². The number of aryl methyl sites for hydroxylation is 1. The van der Waals surface area contributed by atoms with Crippen molar-refractivity contribution in [1.29, 1.82) is 5.26 Å². The van der Waals surface area contributed by atoms with E-state index in [-0.39, 0.29) is 0 Å². The fraction of sp³-hybridized carbons (Fsp3) is 0.389. The molecule has 1 unspecified atom stereocenters. The van der Waals surface area contributed by atoms with Gasteiger partial charge in [-0.05, 0) is 35.6 Å². The molecule has 0 spiro atoms. The Morgan fingerprint density at radius 3 is 2.38 bits per heavy atom. The zero-order chi connectivity index (χ0) is 15.2. The van der Waals surface area contributed by atoms with Gasteiger partial charge in [0.1, 0.15) is 10.9 Å². The van der Waals surface area contributed by atoms with Gasteiger partial charge in [0.25, 0.3) is 0 Å². The van der Waals surface area contributed by atoms with Crippen molar-refractivity contribution in [1.82, 2.24) is 5.32 Å². The number of hydrogen-bond acceptors (Lipinski definition) is 3. The molecule has 0 saturated heterocycles. The molecule has 1 N–H and O–H groups in total. The van der Waals surface area contributed by atoms with Crippen molar-refractivity contribution in [3.05, 3.63) is 57.3 Å². The van der Waals surface area contributed by atoms with E-state index in [1.54, 1.807) is 11.3 Å². The molecule has 0 aliphatic rings. The lowest BCUT2D eigenvalue weighted by Gasteiger charge is -2.23. The quantitative estimate of drug-likeness (QED) is 0.841. The van der Waals surface area contributed by atoms with Crippen molar-refractivity contribution >= 4 is 11.3 Å². The smallest absolute Gasteiger partial charge is 0.110 e. The van der Waals surface area contributed by atoms with Gasteiger partial charge < -0.3 is 5.32 Å². The maximum Gasteiger partial charge on any atom is 0.110 e. The van der Waals surface area contributed by atoms with Gasteiger partial charge in [0.05, 0.1) is 0 Å². The molecule has 0 aliphatic carbocycles. The first-order valence-electron chi connectivity index (χ1n) is 7.45. The second kappa shape index (κ2) is 7.40. The van der Waals surface area contributed by atoms with E-state index in [0.29, 0.717) is 12.0 Å². The van der Waals surface area contributed by atoms with Crippen LogP contribution in [0.5, 0.6) is 0 Å². The van der Waals surface area contributed by atoms with Crippen LogP contribution in [0.25, 0.3) is 0 Å². The fourth-order valence-electron chi connectivity index (χ4n) is 2.44. The minimum Gasteiger partial charge on any atom is -0.305 e. The predicted molar refractivity (Wildman–Crippen MR) is 89.3 cm³/mol. The first-order valence-corrected chi connectivity index (χ1v) is 8.26. The Bertz CT molecular complexity index is 605. The minimum atomic E-state index is 0.337. The fourth-order valence-corrected chi connectivity index (χ4v) is 3.20. The summed E-state index contributed by atoms with van der Waals surface area (Å²) in [6.45, 7) is 7.46. The molecule has 0 amide bonds. The SMILES string of the molecule is CCc1ccc(C(NCc2ccc(C#N)s2)C(C)C)cc1. The van der Waals surface area contributed by atoms with E-state index in [0.717, 1.165) is 17.8 Å². The summed E-state index contributed by atoms with van der Waals surface area (Å²) in [7, 11) is 0. The number of nitrogens with zero attached hydrogens (tertiary/aromatic N) is 1. The summed E-state index contributed by atoms with van der Waals surface area (Å²) in [5.74, 6) is 0.521. The van der Waals surface area contributed by atoms with Gasteiger partial charge >= 0.3 is 0 Å². The summed E-state index contributed by atoms with van der Waals surface area (Å²) >= 11 is 1.56. The number of rotatable bonds is 6. The first kappa shape index (κ1) is 15.8. The van der Waals surface area contributed by atoms with Crippen LogP contribution in [0, 0.1) is 17.2 Å². The lowest BCUT2D eigenvalue weighted by molar-refractivity contribution is 0.412. The highest BCUT2D eigenvalue weighted by molar-refractivity contribution is 7.12. The Labute approximate surface area is 131 Å². The van der Waals surface area contributed by atoms with Crippen molar-refractivity contribution in [3.63, 3.8) is 0 Å². The Morgan fingerprint density at radius 2 is 1.86 bits per heavy atom. The van der Waals surface area contributed by atoms with Crippen molar-refractivity contribution in [2.24, 2.45) is 5.92 Å². The van der Waals surface area contributed by atoms with E-state index in [4.69, 9.17) is 5.26 Å². The molecule has 3 heteroatoms. The molecule has 1 aromatic heterocycles. The predicted octanol–water partition coefficient (Wildman–Crippen LogP) is 4.67. The average molecular weight is 298 g/mol. The molecule has 2 rings (SSSR count). The van der Waals surface area contributed by atoms with Crippen LogP contribution in [-0.2, 0) is 13.0 Å². The maximum absolute atomic E-state index is 8.88. The van der Waals surface area contributed by atoms with Crippen LogP contribution in [0.2, 0.25) is 0 Å². The van der Waals surface area contributed by atoms with Crippen molar-refractivity contribution in [3.8, 4) is 6.07 Å². The monoisotopic (exact) mass is 298 g/mol. The molecule has 1 atom stereocenters. The van der Waals surface area contributed by atoms with Crippen LogP contribution in [0.1, 0.15) is 47.7 Å². The van der Waals surface area contributed by atoms with E-state index in [1.807, 2.05) is 12.1 Å². The maximum atomic E-state index is 8.88. The third kappa shape index (κ3) is 4.17. The summed E-state index contributed by atoms with van der Waals surface area (Å²) in [6.07, 6.45) is 1.08. The number of thiophene rings is 1. The molecule has 21 heavy (non-hydrogen) atoms. The van der Waals surface area contributed by atoms with Gasteiger partial charge in [-0.1, -0.05) is 45.0 Å². The lowest BCUT2D eigenvalue weighted by Crippen LogP contribution is -2.25. The van der Waals surface area contributed by atoms with Gasteiger partial charge in [-0.25, -0.2) is 0 Å². The van der Waals surface area contributed by atoms with Crippen LogP contribution in [-0.4, -0.2) is 0 Å². The Balaban J connectivity index is 2.06. The number of nitriles is 1. The molecule has 0 bridgehead atoms. The Morgan fingerprint density at radius 1 is 1.14 bits per heavy atom. The summed E-state index contributed by atoms with van der Waals surface area (Å²) in [5.41, 5.74) is 2.71. The molecule has 0 radical (unpaired) electrons. The molecule has 110 valence electrons. The number of benzene rings is 1. The average Bonchev–Trinajstić information content (AvgIpc) is 2.96. The van der Waals surface area contributed by atoms with Gasteiger partial charge in [-0.3, -0.25) is 0 Å². The highest BCUT2D eigenvalue weighted by Crippen LogP contribution is 2.24. The molecule has 0 aliphatic heterocycles. The van der Waals surface area contributed by atoms with Crippen molar-refractivity contribution in [2.45, 2.75) is 39.8 Å². The zero-order valence-electron chi connectivity index (χ0n) is 12.9. The van der Waals surface area contributed by atoms with Crippen molar-refractivity contribution in [2.75, 3.05) is 0 Å². The molecule has 1 aromatic carbocycles. The van der Waals surface area contributed by atoms with Gasteiger partial charge in [-0.15, -0.1) is 11.3 Å². The van der Waals surface area contributed by atoms with Gasteiger partial charge in [0, 0.05) is 17.5 Å². The highest BCUT2D eigenvalue weighted by Gasteiger charge is 2.15. The third-order valence-corrected chi connectivity index (χ3v) is 4.67. The van der Waals surface area contributed by atoms with E-state index in [9.17, 15) is 0 Å². The highest BCUT2D eigenvalue weighted by atomic mass is 32.1. The molecule has 1 heterocycles. The van der Waals surface area contributed by atoms with Gasteiger partial charge in [0.2, 0.25) is 0 Å². The van der Waals surface area contributed by atoms with Crippen LogP contribution < -0.4 is 5.32 Å². The molecular weight excluding hydrogens is 276 g/mol. The van der Waals surface area contributed by atoms with Gasteiger partial charge in [-0.2, -0.15) is 5.26 Å². The number of nitrogens with one attached hydrogen (secondary N) is 1. The van der Waals surface area contributed by atoms with E-state index < -0.39 is 0 Å². The summed E-state index contributed by atoms with van der Waals surface area (Å²) in [4.78, 5) is 1.99. The molecular formula is C18H22N2S. The minimum absolute atomic E-state index is 0.337. The van der Waals surface area contributed by atoms with E-state index in [1.165, 1.54) is 16.0 Å². The van der Waals surface area contributed by atoms with Crippen LogP contribution in [0.3, 0.4) is 0 Å². The second-order valence-corrected chi connectivity index (χ2v) is 6.74. The molecule has 2 nitrogen and oxygen atoms in total. The Kier molecular flexibility index (Phi) is 5.55. The lowest BCUT2D eigenvalue weighted by atomic mass is 9.95. The molecule has 2 aromatic rings. The summed E-state index contributed by atoms with van der Waals surface area (Å²) < 4.78 is 0. The van der Waals surface area contributed by atoms with E-state index >= 15 is 0 Å². The Hall–Kier alpha value is -1.63. The third-order valence-electron chi connectivity index (χ3n) is 3.68. The van der Waals surface area contributed by atoms with Crippen LogP contribution in [0.4, 0.5) is 0 Å². The van der Waals surface area contributed by atoms with Crippen LogP contribution in [0.15, 0.2) is 36.4 Å². The summed E-state index contributed by atoms with van der Waals surface area (Å²) in [5, 5.41) is 12.5. The number of hydrogen-bond donors (Lipinski definition) is 1.